The zero-order chi connectivity index (χ0) is 13.4. The fraction of sp³-hybridized carbons (Fsp3) is 0.133. The highest BCUT2D eigenvalue weighted by Crippen LogP contribution is 2.27. The molecule has 0 spiro atoms. The van der Waals surface area contributed by atoms with Gasteiger partial charge in [0.1, 0.15) is 11.6 Å². The fourth-order valence-electron chi connectivity index (χ4n) is 2.23. The van der Waals surface area contributed by atoms with Crippen LogP contribution in [-0.2, 0) is 7.05 Å². The van der Waals surface area contributed by atoms with E-state index in [9.17, 15) is 0 Å². The maximum atomic E-state index is 5.83. The van der Waals surface area contributed by atoms with Crippen LogP contribution in [0.25, 0.3) is 22.4 Å². The second-order valence-electron chi connectivity index (χ2n) is 4.47. The highest BCUT2D eigenvalue weighted by Gasteiger charge is 2.10. The molecule has 0 fully saturated rings. The van der Waals surface area contributed by atoms with Gasteiger partial charge in [0.05, 0.1) is 18.1 Å². The predicted octanol–water partition coefficient (Wildman–Crippen LogP) is 2.83. The third-order valence-corrected chi connectivity index (χ3v) is 3.23. The van der Waals surface area contributed by atoms with Gasteiger partial charge in [-0.2, -0.15) is 0 Å². The van der Waals surface area contributed by atoms with E-state index in [4.69, 9.17) is 10.5 Å². The van der Waals surface area contributed by atoms with Crippen molar-refractivity contribution in [2.24, 2.45) is 7.05 Å². The van der Waals surface area contributed by atoms with Gasteiger partial charge in [0.25, 0.3) is 0 Å². The number of fused-ring (bicyclic) bond motifs is 1. The number of methoxy groups -OCH3 is 1. The molecule has 4 nitrogen and oxygen atoms in total. The van der Waals surface area contributed by atoms with Gasteiger partial charge in [0.15, 0.2) is 0 Å². The fourth-order valence-corrected chi connectivity index (χ4v) is 2.23. The minimum Gasteiger partial charge on any atom is -0.497 e. The molecular formula is C15H15N3O. The Hall–Kier alpha value is -2.49. The Kier molecular flexibility index (Phi) is 2.63. The van der Waals surface area contributed by atoms with E-state index < -0.39 is 0 Å². The van der Waals surface area contributed by atoms with Crippen molar-refractivity contribution in [2.75, 3.05) is 12.8 Å². The van der Waals surface area contributed by atoms with E-state index in [0.29, 0.717) is 0 Å². The van der Waals surface area contributed by atoms with Crippen molar-refractivity contribution < 1.29 is 4.74 Å². The summed E-state index contributed by atoms with van der Waals surface area (Å²) in [6, 6.07) is 13.6. The topological polar surface area (TPSA) is 53.1 Å². The van der Waals surface area contributed by atoms with Crippen LogP contribution in [0.3, 0.4) is 0 Å². The first-order valence-corrected chi connectivity index (χ1v) is 6.05. The third-order valence-electron chi connectivity index (χ3n) is 3.23. The number of rotatable bonds is 2. The monoisotopic (exact) mass is 253 g/mol. The first-order valence-electron chi connectivity index (χ1n) is 6.05. The summed E-state index contributed by atoms with van der Waals surface area (Å²) >= 11 is 0. The van der Waals surface area contributed by atoms with Gasteiger partial charge in [0, 0.05) is 24.4 Å². The van der Waals surface area contributed by atoms with Crippen LogP contribution >= 0.6 is 0 Å². The van der Waals surface area contributed by atoms with Crippen molar-refractivity contribution in [1.29, 1.82) is 0 Å². The number of hydrogen-bond acceptors (Lipinski definition) is 3. The predicted molar refractivity (Wildman–Crippen MR) is 77.1 cm³/mol. The highest BCUT2D eigenvalue weighted by atomic mass is 16.5. The van der Waals surface area contributed by atoms with Crippen molar-refractivity contribution in [3.8, 4) is 17.1 Å². The minimum absolute atomic E-state index is 0.738. The summed E-state index contributed by atoms with van der Waals surface area (Å²) in [7, 11) is 3.66. The molecule has 0 aliphatic heterocycles. The van der Waals surface area contributed by atoms with Gasteiger partial charge in [0.2, 0.25) is 0 Å². The van der Waals surface area contributed by atoms with E-state index in [1.807, 2.05) is 54.1 Å². The van der Waals surface area contributed by atoms with Crippen LogP contribution in [0.4, 0.5) is 5.69 Å². The Balaban J connectivity index is 2.22. The number of anilines is 1. The first kappa shape index (κ1) is 11.6. The lowest BCUT2D eigenvalue weighted by atomic mass is 10.2. The third kappa shape index (κ3) is 1.91. The standard InChI is InChI=1S/C15H15N3O/c1-18-14-9-12(19-2)6-7-13(14)17-15(18)10-4-3-5-11(16)8-10/h3-9H,16H2,1-2H3. The molecule has 4 heteroatoms. The van der Waals surface area contributed by atoms with Gasteiger partial charge < -0.3 is 15.0 Å². The van der Waals surface area contributed by atoms with Crippen LogP contribution in [0, 0.1) is 0 Å². The van der Waals surface area contributed by atoms with Gasteiger partial charge in [-0.3, -0.25) is 0 Å². The molecule has 0 saturated heterocycles. The van der Waals surface area contributed by atoms with E-state index in [0.717, 1.165) is 33.9 Å². The first-order chi connectivity index (χ1) is 9.19. The van der Waals surface area contributed by atoms with E-state index in [1.54, 1.807) is 7.11 Å². The molecule has 2 aromatic carbocycles. The number of nitrogen functional groups attached to an aromatic ring is 1. The van der Waals surface area contributed by atoms with Crippen LogP contribution in [0.1, 0.15) is 0 Å². The number of aryl methyl sites for hydroxylation is 1. The van der Waals surface area contributed by atoms with Gasteiger partial charge in [-0.05, 0) is 24.3 Å². The largest absolute Gasteiger partial charge is 0.497 e. The minimum atomic E-state index is 0.738. The maximum absolute atomic E-state index is 5.83. The zero-order valence-electron chi connectivity index (χ0n) is 10.9. The lowest BCUT2D eigenvalue weighted by Gasteiger charge is -2.04. The number of nitrogens with two attached hydrogens (primary N) is 1. The SMILES string of the molecule is COc1ccc2nc(-c3cccc(N)c3)n(C)c2c1. The lowest BCUT2D eigenvalue weighted by molar-refractivity contribution is 0.415. The molecular weight excluding hydrogens is 238 g/mol. The molecule has 1 heterocycles. The normalized spacial score (nSPS) is 10.8. The quantitative estimate of drug-likeness (QED) is 0.714. The number of hydrogen-bond donors (Lipinski definition) is 1. The second-order valence-corrected chi connectivity index (χ2v) is 4.47. The van der Waals surface area contributed by atoms with Crippen molar-refractivity contribution in [1.82, 2.24) is 9.55 Å². The molecule has 0 aliphatic carbocycles. The molecule has 0 bridgehead atoms. The number of ether oxygens (including phenoxy) is 1. The molecule has 0 amide bonds. The Labute approximate surface area is 111 Å². The second kappa shape index (κ2) is 4.31. The summed E-state index contributed by atoms with van der Waals surface area (Å²) in [5, 5.41) is 0. The van der Waals surface area contributed by atoms with Crippen LogP contribution in [0.2, 0.25) is 0 Å². The maximum Gasteiger partial charge on any atom is 0.140 e. The summed E-state index contributed by atoms with van der Waals surface area (Å²) in [6.45, 7) is 0. The van der Waals surface area contributed by atoms with E-state index >= 15 is 0 Å². The van der Waals surface area contributed by atoms with Gasteiger partial charge in [-0.25, -0.2) is 4.98 Å². The van der Waals surface area contributed by atoms with Crippen molar-refractivity contribution in [2.45, 2.75) is 0 Å². The lowest BCUT2D eigenvalue weighted by Crippen LogP contribution is -1.93. The van der Waals surface area contributed by atoms with E-state index in [1.165, 1.54) is 0 Å². The Morgan fingerprint density at radius 2 is 2.00 bits per heavy atom. The van der Waals surface area contributed by atoms with Crippen LogP contribution in [0.15, 0.2) is 42.5 Å². The summed E-state index contributed by atoms with van der Waals surface area (Å²) in [5.74, 6) is 1.73. The number of imidazole rings is 1. The van der Waals surface area contributed by atoms with E-state index in [-0.39, 0.29) is 0 Å². The van der Waals surface area contributed by atoms with Crippen LogP contribution in [-0.4, -0.2) is 16.7 Å². The molecule has 0 aliphatic rings. The van der Waals surface area contributed by atoms with Crippen molar-refractivity contribution >= 4 is 16.7 Å². The molecule has 0 atom stereocenters. The average Bonchev–Trinajstić information content (AvgIpc) is 2.76. The Bertz CT molecular complexity index is 746. The molecule has 0 saturated carbocycles. The molecule has 0 radical (unpaired) electrons. The molecule has 1 aromatic heterocycles. The van der Waals surface area contributed by atoms with Gasteiger partial charge in [-0.1, -0.05) is 12.1 Å². The highest BCUT2D eigenvalue weighted by molar-refractivity contribution is 5.82. The number of nitrogens with zero attached hydrogens (tertiary/aromatic N) is 2. The number of aromatic nitrogens is 2. The van der Waals surface area contributed by atoms with Crippen LogP contribution in [0.5, 0.6) is 5.75 Å². The summed E-state index contributed by atoms with van der Waals surface area (Å²) in [6.07, 6.45) is 0. The molecule has 19 heavy (non-hydrogen) atoms. The summed E-state index contributed by atoms with van der Waals surface area (Å²) in [4.78, 5) is 4.65. The molecule has 96 valence electrons. The molecule has 3 rings (SSSR count). The van der Waals surface area contributed by atoms with Crippen LogP contribution < -0.4 is 10.5 Å². The zero-order valence-corrected chi connectivity index (χ0v) is 10.9. The molecule has 3 aromatic rings. The number of benzene rings is 2. The van der Waals surface area contributed by atoms with E-state index in [2.05, 4.69) is 4.98 Å². The average molecular weight is 253 g/mol. The van der Waals surface area contributed by atoms with Crippen molar-refractivity contribution in [3.63, 3.8) is 0 Å². The van der Waals surface area contributed by atoms with Crippen molar-refractivity contribution in [3.05, 3.63) is 42.5 Å². The molecule has 0 unspecified atom stereocenters. The van der Waals surface area contributed by atoms with Gasteiger partial charge in [-0.15, -0.1) is 0 Å². The summed E-state index contributed by atoms with van der Waals surface area (Å²) < 4.78 is 7.30. The van der Waals surface area contributed by atoms with Gasteiger partial charge >= 0.3 is 0 Å². The summed E-state index contributed by atoms with van der Waals surface area (Å²) in [5.41, 5.74) is 9.56. The Morgan fingerprint density at radius 1 is 1.16 bits per heavy atom. The smallest absolute Gasteiger partial charge is 0.140 e. The Morgan fingerprint density at radius 3 is 2.74 bits per heavy atom. The molecule has 2 N–H and O–H groups in total.